The van der Waals surface area contributed by atoms with Gasteiger partial charge in [0.1, 0.15) is 0 Å². The van der Waals surface area contributed by atoms with Gasteiger partial charge in [-0.1, -0.05) is 135 Å². The zero-order valence-electron chi connectivity index (χ0n) is 46.4. The van der Waals surface area contributed by atoms with Crippen LogP contribution in [0.15, 0.2) is 146 Å². The van der Waals surface area contributed by atoms with E-state index in [0.717, 1.165) is 103 Å². The smallest absolute Gasteiger partial charge is 0.177 e. The van der Waals surface area contributed by atoms with E-state index in [2.05, 4.69) is 157 Å². The number of pyridine rings is 2. The highest BCUT2D eigenvalue weighted by atomic mass is 16.5. The fourth-order valence-electron chi connectivity index (χ4n) is 13.1. The summed E-state index contributed by atoms with van der Waals surface area (Å²) in [7, 11) is 6.72. The Hall–Kier alpha value is -8.58. The predicted octanol–water partition coefficient (Wildman–Crippen LogP) is 17.9. The van der Waals surface area contributed by atoms with E-state index in [1.54, 1.807) is 28.4 Å². The normalized spacial score (nSPS) is 14.8. The first-order chi connectivity index (χ1) is 39.4. The summed E-state index contributed by atoms with van der Waals surface area (Å²) in [5.41, 5.74) is 17.0. The van der Waals surface area contributed by atoms with Crippen molar-refractivity contribution in [2.75, 3.05) is 28.4 Å². The van der Waals surface area contributed by atoms with E-state index in [1.807, 2.05) is 12.1 Å². The fourth-order valence-corrected chi connectivity index (χ4v) is 13.1. The maximum absolute atomic E-state index is 6.07. The van der Waals surface area contributed by atoms with E-state index in [4.69, 9.17) is 28.9 Å². The molecule has 6 heteroatoms. The van der Waals surface area contributed by atoms with Gasteiger partial charge in [-0.05, 0) is 191 Å². The van der Waals surface area contributed by atoms with Crippen molar-refractivity contribution in [2.24, 2.45) is 0 Å². The Morgan fingerprint density at radius 3 is 1.10 bits per heavy atom. The van der Waals surface area contributed by atoms with Crippen molar-refractivity contribution in [2.45, 2.75) is 102 Å². The summed E-state index contributed by atoms with van der Waals surface area (Å²) >= 11 is 0. The zero-order chi connectivity index (χ0) is 54.1. The van der Waals surface area contributed by atoms with Crippen molar-refractivity contribution in [1.29, 1.82) is 0 Å². The molecule has 0 saturated heterocycles. The maximum atomic E-state index is 6.07. The van der Waals surface area contributed by atoms with Crippen LogP contribution in [0.25, 0.3) is 77.0 Å². The summed E-state index contributed by atoms with van der Waals surface area (Å²) in [5, 5.41) is 6.02. The second kappa shape index (κ2) is 22.3. The maximum Gasteiger partial charge on any atom is 0.177 e. The standard InChI is InChI=1S/C74H66N2O4/c1-77-69-43-59-41-61-39-57-17-11-12-18-58-40-62-42-60-44-70(78-2)74(80-4)64(38-24-48-21-27-52(28-22-48)56-35-31-54(32-36-56)50-15-9-6-10-16-50)66(60)46-68(62)76-72(58)71(57)75-67(61)45-65(59)63(73(69)79-3)37-23-47-19-25-51(26-20-47)55-33-29-53(30-34-55)49-13-7-5-8-14-49/h19-22,25-36,39-46,49-50H,5-18H2,1-4H3. The van der Waals surface area contributed by atoms with Gasteiger partial charge in [0.05, 0.1) is 62.0 Å². The molecule has 0 amide bonds. The monoisotopic (exact) mass is 1050 g/mol. The van der Waals surface area contributed by atoms with Gasteiger partial charge in [-0.2, -0.15) is 0 Å². The third kappa shape index (κ3) is 9.98. The van der Waals surface area contributed by atoms with Crippen LogP contribution in [0.4, 0.5) is 0 Å². The molecule has 2 aromatic heterocycles. The number of hydrogen-bond donors (Lipinski definition) is 0. The Labute approximate surface area is 470 Å². The molecule has 396 valence electrons. The van der Waals surface area contributed by atoms with Crippen molar-refractivity contribution in [3.63, 3.8) is 0 Å². The first kappa shape index (κ1) is 50.9. The van der Waals surface area contributed by atoms with E-state index in [0.29, 0.717) is 34.8 Å². The SMILES string of the molecule is COc1cc2cc3cc4c(nc3cc2c(C#Cc2ccc(-c3ccc(C5CCCCC5)cc3)cc2)c1OC)-c1nc2cc3c(C#Cc5ccc(-c6ccc(C7CCCCC7)cc6)cc5)c(OC)c(OC)cc3cc2cc1CCCC4. The largest absolute Gasteiger partial charge is 0.493 e. The highest BCUT2D eigenvalue weighted by Gasteiger charge is 2.23. The van der Waals surface area contributed by atoms with Gasteiger partial charge in [0.25, 0.3) is 0 Å². The van der Waals surface area contributed by atoms with E-state index in [1.165, 1.54) is 109 Å². The molecular formula is C74H66N2O4. The summed E-state index contributed by atoms with van der Waals surface area (Å²) in [6.45, 7) is 0. The molecule has 2 saturated carbocycles. The zero-order valence-corrected chi connectivity index (χ0v) is 46.4. The quantitative estimate of drug-likeness (QED) is 0.112. The molecule has 13 rings (SSSR count). The summed E-state index contributed by atoms with van der Waals surface area (Å²) in [6, 6.07) is 53.0. The minimum absolute atomic E-state index is 0.598. The second-order valence-corrected chi connectivity index (χ2v) is 22.3. The van der Waals surface area contributed by atoms with Gasteiger partial charge in [-0.15, -0.1) is 0 Å². The Balaban J connectivity index is 0.852. The number of nitrogens with zero attached hydrogens (tertiary/aromatic N) is 2. The van der Waals surface area contributed by atoms with E-state index in [-0.39, 0.29) is 0 Å². The van der Waals surface area contributed by atoms with E-state index < -0.39 is 0 Å². The van der Waals surface area contributed by atoms with Crippen molar-refractivity contribution in [3.05, 3.63) is 190 Å². The topological polar surface area (TPSA) is 62.7 Å². The number of methoxy groups -OCH3 is 4. The highest BCUT2D eigenvalue weighted by Crippen LogP contribution is 2.43. The van der Waals surface area contributed by atoms with Crippen LogP contribution in [0.5, 0.6) is 23.0 Å². The van der Waals surface area contributed by atoms with Gasteiger partial charge in [0.2, 0.25) is 0 Å². The van der Waals surface area contributed by atoms with Crippen LogP contribution in [-0.4, -0.2) is 38.4 Å². The van der Waals surface area contributed by atoms with Gasteiger partial charge in [-0.3, -0.25) is 0 Å². The molecule has 0 radical (unpaired) electrons. The lowest BCUT2D eigenvalue weighted by Crippen LogP contribution is -2.05. The second-order valence-electron chi connectivity index (χ2n) is 22.3. The van der Waals surface area contributed by atoms with Gasteiger partial charge in [0.15, 0.2) is 23.0 Å². The minimum atomic E-state index is 0.598. The number of fused-ring (bicyclic) bond motifs is 7. The first-order valence-corrected chi connectivity index (χ1v) is 28.9. The molecule has 80 heavy (non-hydrogen) atoms. The van der Waals surface area contributed by atoms with Gasteiger partial charge < -0.3 is 18.9 Å². The number of hydrogen-bond acceptors (Lipinski definition) is 6. The Kier molecular flexibility index (Phi) is 14.2. The summed E-state index contributed by atoms with van der Waals surface area (Å²) < 4.78 is 24.0. The Morgan fingerprint density at radius 2 is 0.738 bits per heavy atom. The van der Waals surface area contributed by atoms with E-state index >= 15 is 0 Å². The van der Waals surface area contributed by atoms with Crippen LogP contribution < -0.4 is 18.9 Å². The van der Waals surface area contributed by atoms with Crippen molar-refractivity contribution in [1.82, 2.24) is 9.97 Å². The number of rotatable bonds is 8. The van der Waals surface area contributed by atoms with Crippen LogP contribution in [0.3, 0.4) is 0 Å². The molecular weight excluding hydrogens is 981 g/mol. The van der Waals surface area contributed by atoms with Crippen molar-refractivity contribution in [3.8, 4) is 80.3 Å². The van der Waals surface area contributed by atoms with Crippen LogP contribution in [0, 0.1) is 23.7 Å². The van der Waals surface area contributed by atoms with Crippen molar-refractivity contribution < 1.29 is 18.9 Å². The molecule has 0 bridgehead atoms. The molecule has 8 aromatic carbocycles. The average molecular weight is 1050 g/mol. The van der Waals surface area contributed by atoms with Gasteiger partial charge in [-0.25, -0.2) is 9.97 Å². The van der Waals surface area contributed by atoms with Gasteiger partial charge >= 0.3 is 0 Å². The molecule has 0 unspecified atom stereocenters. The Bertz CT molecular complexity index is 3840. The minimum Gasteiger partial charge on any atom is -0.493 e. The van der Waals surface area contributed by atoms with Crippen LogP contribution in [0.1, 0.15) is 133 Å². The molecule has 3 aliphatic carbocycles. The molecule has 3 aliphatic rings. The number of benzene rings is 8. The molecule has 0 N–H and O–H groups in total. The third-order valence-corrected chi connectivity index (χ3v) is 17.4. The van der Waals surface area contributed by atoms with Crippen LogP contribution in [0.2, 0.25) is 0 Å². The highest BCUT2D eigenvalue weighted by molar-refractivity contribution is 6.04. The number of aryl methyl sites for hydroxylation is 2. The Morgan fingerprint density at radius 1 is 0.362 bits per heavy atom. The molecule has 0 aliphatic heterocycles. The fraction of sp³-hybridized carbons (Fsp3) is 0.270. The van der Waals surface area contributed by atoms with Gasteiger partial charge in [0, 0.05) is 32.7 Å². The van der Waals surface area contributed by atoms with Crippen molar-refractivity contribution >= 4 is 43.4 Å². The lowest BCUT2D eigenvalue weighted by molar-refractivity contribution is 0.355. The molecule has 0 spiro atoms. The van der Waals surface area contributed by atoms with E-state index in [9.17, 15) is 0 Å². The lowest BCUT2D eigenvalue weighted by atomic mass is 9.84. The summed E-state index contributed by atoms with van der Waals surface area (Å²) in [6.07, 6.45) is 17.2. The number of aromatic nitrogens is 2. The first-order valence-electron chi connectivity index (χ1n) is 28.9. The molecule has 6 nitrogen and oxygen atoms in total. The molecule has 0 atom stereocenters. The molecule has 2 fully saturated rings. The molecule has 2 heterocycles. The summed E-state index contributed by atoms with van der Waals surface area (Å²) in [4.78, 5) is 11.1. The molecule has 10 aromatic rings. The number of ether oxygens (including phenoxy) is 4. The summed E-state index contributed by atoms with van der Waals surface area (Å²) in [5.74, 6) is 17.9. The lowest BCUT2D eigenvalue weighted by Gasteiger charge is -2.22. The third-order valence-electron chi connectivity index (χ3n) is 17.4. The average Bonchev–Trinajstić information content (AvgIpc) is 3.68. The predicted molar refractivity (Wildman–Crippen MR) is 328 cm³/mol. The van der Waals surface area contributed by atoms with Crippen LogP contribution in [-0.2, 0) is 12.8 Å². The van der Waals surface area contributed by atoms with Crippen LogP contribution >= 0.6 is 0 Å².